The summed E-state index contributed by atoms with van der Waals surface area (Å²) in [7, 11) is 0. The molecule has 1 aliphatic rings. The van der Waals surface area contributed by atoms with Crippen LogP contribution in [0.25, 0.3) is 0 Å². The Hall–Kier alpha value is -2.23. The molecule has 96 valence electrons. The summed E-state index contributed by atoms with van der Waals surface area (Å²) in [6.45, 7) is 0.625. The van der Waals surface area contributed by atoms with Gasteiger partial charge in [-0.15, -0.1) is 0 Å². The lowest BCUT2D eigenvalue weighted by Crippen LogP contribution is -2.32. The number of hydrogen-bond acceptors (Lipinski definition) is 3. The first-order valence-corrected chi connectivity index (χ1v) is 6.44. The number of amides is 1. The SMILES string of the molecule is O=C(c1ccncc1)N(Cc1cccnc1)C1CC1. The normalized spacial score (nSPS) is 14.1. The van der Waals surface area contributed by atoms with Crippen LogP contribution in [0.15, 0.2) is 49.1 Å². The summed E-state index contributed by atoms with van der Waals surface area (Å²) in [5.41, 5.74) is 1.77. The molecule has 0 radical (unpaired) electrons. The topological polar surface area (TPSA) is 46.1 Å². The zero-order valence-electron chi connectivity index (χ0n) is 10.6. The summed E-state index contributed by atoms with van der Waals surface area (Å²) in [6, 6.07) is 7.81. The lowest BCUT2D eigenvalue weighted by molar-refractivity contribution is 0.0729. The van der Waals surface area contributed by atoms with E-state index in [4.69, 9.17) is 0 Å². The molecule has 0 atom stereocenters. The highest BCUT2D eigenvalue weighted by Crippen LogP contribution is 2.29. The number of carbonyl (C=O) groups is 1. The molecule has 0 aliphatic heterocycles. The van der Waals surface area contributed by atoms with Gasteiger partial charge in [-0.3, -0.25) is 14.8 Å². The van der Waals surface area contributed by atoms with Gasteiger partial charge in [0.2, 0.25) is 0 Å². The van der Waals surface area contributed by atoms with E-state index in [0.29, 0.717) is 18.2 Å². The van der Waals surface area contributed by atoms with E-state index >= 15 is 0 Å². The Morgan fingerprint density at radius 2 is 1.95 bits per heavy atom. The predicted octanol–water partition coefficient (Wildman–Crippen LogP) is 2.28. The van der Waals surface area contributed by atoms with E-state index in [-0.39, 0.29) is 5.91 Å². The third-order valence-corrected chi connectivity index (χ3v) is 3.25. The summed E-state index contributed by atoms with van der Waals surface area (Å²) in [6.07, 6.45) is 9.06. The molecular weight excluding hydrogens is 238 g/mol. The molecule has 1 saturated carbocycles. The monoisotopic (exact) mass is 253 g/mol. The van der Waals surface area contributed by atoms with Crippen LogP contribution >= 0.6 is 0 Å². The first-order chi connectivity index (χ1) is 9.34. The van der Waals surface area contributed by atoms with Gasteiger partial charge >= 0.3 is 0 Å². The van der Waals surface area contributed by atoms with Crippen LogP contribution in [-0.4, -0.2) is 26.8 Å². The summed E-state index contributed by atoms with van der Waals surface area (Å²) in [5.74, 6) is 0.0775. The minimum atomic E-state index is 0.0775. The first-order valence-electron chi connectivity index (χ1n) is 6.44. The fourth-order valence-corrected chi connectivity index (χ4v) is 2.10. The van der Waals surface area contributed by atoms with Crippen molar-refractivity contribution in [2.75, 3.05) is 0 Å². The number of aromatic nitrogens is 2. The molecule has 2 aromatic heterocycles. The number of carbonyl (C=O) groups excluding carboxylic acids is 1. The maximum Gasteiger partial charge on any atom is 0.254 e. The van der Waals surface area contributed by atoms with Crippen LogP contribution in [0.3, 0.4) is 0 Å². The summed E-state index contributed by atoms with van der Waals surface area (Å²) in [4.78, 5) is 22.5. The van der Waals surface area contributed by atoms with E-state index in [1.807, 2.05) is 23.2 Å². The van der Waals surface area contributed by atoms with Crippen LogP contribution in [0.1, 0.15) is 28.8 Å². The second-order valence-electron chi connectivity index (χ2n) is 4.76. The lowest BCUT2D eigenvalue weighted by Gasteiger charge is -2.22. The Morgan fingerprint density at radius 3 is 2.58 bits per heavy atom. The highest BCUT2D eigenvalue weighted by atomic mass is 16.2. The molecule has 0 N–H and O–H groups in total. The quantitative estimate of drug-likeness (QED) is 0.839. The average molecular weight is 253 g/mol. The molecule has 1 fully saturated rings. The predicted molar refractivity (Wildman–Crippen MR) is 71.4 cm³/mol. The van der Waals surface area contributed by atoms with Crippen molar-refractivity contribution in [3.8, 4) is 0 Å². The number of rotatable bonds is 4. The van der Waals surface area contributed by atoms with Crippen LogP contribution in [0, 0.1) is 0 Å². The van der Waals surface area contributed by atoms with E-state index in [1.54, 1.807) is 30.7 Å². The molecule has 2 aromatic rings. The van der Waals surface area contributed by atoms with Crippen LogP contribution in [0.2, 0.25) is 0 Å². The molecule has 0 spiro atoms. The Bertz CT molecular complexity index is 552. The van der Waals surface area contributed by atoms with Crippen molar-refractivity contribution < 1.29 is 4.79 Å². The van der Waals surface area contributed by atoms with Crippen molar-refractivity contribution >= 4 is 5.91 Å². The summed E-state index contributed by atoms with van der Waals surface area (Å²) in [5, 5.41) is 0. The molecule has 0 aromatic carbocycles. The van der Waals surface area contributed by atoms with Gasteiger partial charge in [0, 0.05) is 42.9 Å². The highest BCUT2D eigenvalue weighted by Gasteiger charge is 2.32. The lowest BCUT2D eigenvalue weighted by atomic mass is 10.2. The van der Waals surface area contributed by atoms with Crippen molar-refractivity contribution in [1.29, 1.82) is 0 Å². The fourth-order valence-electron chi connectivity index (χ4n) is 2.10. The summed E-state index contributed by atoms with van der Waals surface area (Å²) >= 11 is 0. The average Bonchev–Trinajstić information content (AvgIpc) is 3.31. The van der Waals surface area contributed by atoms with Crippen molar-refractivity contribution in [3.63, 3.8) is 0 Å². The van der Waals surface area contributed by atoms with E-state index in [9.17, 15) is 4.79 Å². The van der Waals surface area contributed by atoms with Crippen molar-refractivity contribution in [2.45, 2.75) is 25.4 Å². The van der Waals surface area contributed by atoms with Crippen LogP contribution in [-0.2, 0) is 6.54 Å². The van der Waals surface area contributed by atoms with Gasteiger partial charge in [0.1, 0.15) is 0 Å². The zero-order valence-corrected chi connectivity index (χ0v) is 10.6. The van der Waals surface area contributed by atoms with Gasteiger partial charge in [-0.25, -0.2) is 0 Å². The zero-order chi connectivity index (χ0) is 13.1. The Kier molecular flexibility index (Phi) is 3.23. The molecule has 4 nitrogen and oxygen atoms in total. The second kappa shape index (κ2) is 5.18. The Morgan fingerprint density at radius 1 is 1.16 bits per heavy atom. The smallest absolute Gasteiger partial charge is 0.254 e. The van der Waals surface area contributed by atoms with E-state index < -0.39 is 0 Å². The van der Waals surface area contributed by atoms with Crippen molar-refractivity contribution in [2.24, 2.45) is 0 Å². The van der Waals surface area contributed by atoms with E-state index in [2.05, 4.69) is 9.97 Å². The molecule has 19 heavy (non-hydrogen) atoms. The van der Waals surface area contributed by atoms with Crippen molar-refractivity contribution in [3.05, 3.63) is 60.2 Å². The van der Waals surface area contributed by atoms with Gasteiger partial charge in [0.05, 0.1) is 0 Å². The summed E-state index contributed by atoms with van der Waals surface area (Å²) < 4.78 is 0. The Labute approximate surface area is 112 Å². The minimum Gasteiger partial charge on any atom is -0.331 e. The minimum absolute atomic E-state index is 0.0775. The van der Waals surface area contributed by atoms with Gasteiger partial charge in [0.25, 0.3) is 5.91 Å². The highest BCUT2D eigenvalue weighted by molar-refractivity contribution is 5.94. The number of hydrogen-bond donors (Lipinski definition) is 0. The van der Waals surface area contributed by atoms with Crippen LogP contribution < -0.4 is 0 Å². The maximum atomic E-state index is 12.5. The van der Waals surface area contributed by atoms with Gasteiger partial charge in [-0.1, -0.05) is 6.07 Å². The molecule has 1 amide bonds. The first kappa shape index (κ1) is 11.8. The van der Waals surface area contributed by atoms with Gasteiger partial charge in [-0.05, 0) is 36.6 Å². The molecule has 0 saturated heterocycles. The Balaban J connectivity index is 1.80. The standard InChI is InChI=1S/C15H15N3O/c19-15(13-5-8-16-9-6-13)18(14-3-4-14)11-12-2-1-7-17-10-12/h1-2,5-10,14H,3-4,11H2. The van der Waals surface area contributed by atoms with Crippen molar-refractivity contribution in [1.82, 2.24) is 14.9 Å². The maximum absolute atomic E-state index is 12.5. The molecule has 0 unspecified atom stereocenters. The van der Waals surface area contributed by atoms with Gasteiger partial charge in [0.15, 0.2) is 0 Å². The van der Waals surface area contributed by atoms with Crippen LogP contribution in [0.5, 0.6) is 0 Å². The molecule has 3 rings (SSSR count). The molecule has 0 bridgehead atoms. The second-order valence-corrected chi connectivity index (χ2v) is 4.76. The van der Waals surface area contributed by atoms with Crippen LogP contribution in [0.4, 0.5) is 0 Å². The molecule has 1 aliphatic carbocycles. The number of pyridine rings is 2. The van der Waals surface area contributed by atoms with E-state index in [0.717, 1.165) is 18.4 Å². The molecular formula is C15H15N3O. The third kappa shape index (κ3) is 2.78. The molecule has 4 heteroatoms. The fraction of sp³-hybridized carbons (Fsp3) is 0.267. The van der Waals surface area contributed by atoms with Gasteiger partial charge in [-0.2, -0.15) is 0 Å². The molecule has 2 heterocycles. The third-order valence-electron chi connectivity index (χ3n) is 3.25. The largest absolute Gasteiger partial charge is 0.331 e. The number of nitrogens with zero attached hydrogens (tertiary/aromatic N) is 3. The van der Waals surface area contributed by atoms with E-state index in [1.165, 1.54) is 0 Å². The van der Waals surface area contributed by atoms with Gasteiger partial charge < -0.3 is 4.90 Å².